The Morgan fingerprint density at radius 2 is 2.23 bits per heavy atom. The Labute approximate surface area is 138 Å². The minimum absolute atomic E-state index is 1.01. The number of pyridine rings is 1. The van der Waals surface area contributed by atoms with Gasteiger partial charge in [-0.2, -0.15) is 0 Å². The Balaban J connectivity index is 2.24. The molecule has 114 valence electrons. The van der Waals surface area contributed by atoms with Crippen LogP contribution >= 0.6 is 12.2 Å². The summed E-state index contributed by atoms with van der Waals surface area (Å²) >= 11 is 5.23. The second kappa shape index (κ2) is 6.57. The fourth-order valence-electron chi connectivity index (χ4n) is 3.55. The summed E-state index contributed by atoms with van der Waals surface area (Å²) in [7, 11) is 0. The summed E-state index contributed by atoms with van der Waals surface area (Å²) in [5.41, 5.74) is 10.1. The van der Waals surface area contributed by atoms with Gasteiger partial charge < -0.3 is 4.90 Å². The van der Waals surface area contributed by atoms with Crippen molar-refractivity contribution in [3.05, 3.63) is 47.3 Å². The first-order valence-electron chi connectivity index (χ1n) is 8.10. The summed E-state index contributed by atoms with van der Waals surface area (Å²) in [5, 5.41) is 0. The number of rotatable bonds is 5. The molecule has 0 radical (unpaired) electrons. The molecule has 1 aromatic heterocycles. The molecule has 0 atom stereocenters. The quantitative estimate of drug-likeness (QED) is 0.752. The van der Waals surface area contributed by atoms with Crippen molar-refractivity contribution in [2.75, 3.05) is 11.4 Å². The maximum Gasteiger partial charge on any atom is 0.0685 e. The summed E-state index contributed by atoms with van der Waals surface area (Å²) in [6, 6.07) is 6.55. The van der Waals surface area contributed by atoms with Gasteiger partial charge in [0.2, 0.25) is 0 Å². The van der Waals surface area contributed by atoms with E-state index in [4.69, 9.17) is 12.2 Å². The SMILES string of the molecule is CCCc1cc(-c2cccnc2)c(CC)c2c1N(C=S)CC2. The van der Waals surface area contributed by atoms with E-state index in [0.717, 1.165) is 32.2 Å². The molecule has 22 heavy (non-hydrogen) atoms. The van der Waals surface area contributed by atoms with Crippen molar-refractivity contribution in [3.63, 3.8) is 0 Å². The van der Waals surface area contributed by atoms with E-state index >= 15 is 0 Å². The molecular weight excluding hydrogens is 288 g/mol. The van der Waals surface area contributed by atoms with Crippen molar-refractivity contribution >= 4 is 23.4 Å². The van der Waals surface area contributed by atoms with Crippen LogP contribution in [0.2, 0.25) is 0 Å². The van der Waals surface area contributed by atoms with Gasteiger partial charge in [-0.05, 0) is 53.6 Å². The molecule has 2 heterocycles. The lowest BCUT2D eigenvalue weighted by Gasteiger charge is -2.21. The molecular formula is C19H22N2S. The molecule has 2 nitrogen and oxygen atoms in total. The number of thiocarbonyl (C=S) groups is 1. The van der Waals surface area contributed by atoms with Gasteiger partial charge in [-0.25, -0.2) is 0 Å². The minimum atomic E-state index is 1.01. The van der Waals surface area contributed by atoms with Crippen LogP contribution in [-0.2, 0) is 19.3 Å². The van der Waals surface area contributed by atoms with Crippen LogP contribution in [-0.4, -0.2) is 17.0 Å². The topological polar surface area (TPSA) is 16.1 Å². The normalized spacial score (nSPS) is 13.3. The summed E-state index contributed by atoms with van der Waals surface area (Å²) in [4.78, 5) is 6.56. The van der Waals surface area contributed by atoms with Crippen molar-refractivity contribution < 1.29 is 0 Å². The average Bonchev–Trinajstić information content (AvgIpc) is 3.00. The predicted molar refractivity (Wildman–Crippen MR) is 97.8 cm³/mol. The minimum Gasteiger partial charge on any atom is -0.338 e. The third-order valence-electron chi connectivity index (χ3n) is 4.46. The summed E-state index contributed by atoms with van der Waals surface area (Å²) in [6.07, 6.45) is 8.20. The first-order chi connectivity index (χ1) is 10.8. The highest BCUT2D eigenvalue weighted by Gasteiger charge is 2.25. The highest BCUT2D eigenvalue weighted by molar-refractivity contribution is 7.79. The van der Waals surface area contributed by atoms with Crippen LogP contribution in [0.1, 0.15) is 37.0 Å². The van der Waals surface area contributed by atoms with E-state index < -0.39 is 0 Å². The molecule has 0 fully saturated rings. The van der Waals surface area contributed by atoms with E-state index in [9.17, 15) is 0 Å². The first kappa shape index (κ1) is 15.2. The van der Waals surface area contributed by atoms with Gasteiger partial charge in [-0.3, -0.25) is 4.98 Å². The van der Waals surface area contributed by atoms with Gasteiger partial charge in [0.15, 0.2) is 0 Å². The Hall–Kier alpha value is -1.74. The van der Waals surface area contributed by atoms with Crippen LogP contribution in [0.5, 0.6) is 0 Å². The van der Waals surface area contributed by atoms with E-state index in [1.165, 1.54) is 33.5 Å². The number of aromatic nitrogens is 1. The molecule has 2 aromatic rings. The second-order valence-corrected chi connectivity index (χ2v) is 5.99. The summed E-state index contributed by atoms with van der Waals surface area (Å²) < 4.78 is 0. The maximum atomic E-state index is 5.23. The molecule has 0 amide bonds. The molecule has 3 rings (SSSR count). The molecule has 0 spiro atoms. The number of benzene rings is 1. The average molecular weight is 310 g/mol. The lowest BCUT2D eigenvalue weighted by Crippen LogP contribution is -2.17. The zero-order chi connectivity index (χ0) is 15.5. The van der Waals surface area contributed by atoms with Crippen LogP contribution < -0.4 is 4.90 Å². The highest BCUT2D eigenvalue weighted by Crippen LogP contribution is 2.40. The van der Waals surface area contributed by atoms with Crippen molar-refractivity contribution in [1.82, 2.24) is 4.98 Å². The van der Waals surface area contributed by atoms with Crippen LogP contribution in [0.3, 0.4) is 0 Å². The van der Waals surface area contributed by atoms with Gasteiger partial charge in [0.25, 0.3) is 0 Å². The van der Waals surface area contributed by atoms with Crippen molar-refractivity contribution in [3.8, 4) is 11.1 Å². The standard InChI is InChI=1S/C19H22N2S/c1-3-6-14-11-18(15-7-5-9-20-12-15)16(4-2)17-8-10-21(13-22)19(14)17/h5,7,9,11-13H,3-4,6,8,10H2,1-2H3. The lowest BCUT2D eigenvalue weighted by molar-refractivity contribution is 0.918. The van der Waals surface area contributed by atoms with Crippen LogP contribution in [0.4, 0.5) is 5.69 Å². The van der Waals surface area contributed by atoms with Crippen LogP contribution in [0.15, 0.2) is 30.6 Å². The van der Waals surface area contributed by atoms with E-state index in [1.807, 2.05) is 24.0 Å². The highest BCUT2D eigenvalue weighted by atomic mass is 32.1. The Morgan fingerprint density at radius 3 is 2.86 bits per heavy atom. The van der Waals surface area contributed by atoms with Gasteiger partial charge in [0, 0.05) is 30.2 Å². The number of nitrogens with zero attached hydrogens (tertiary/aromatic N) is 2. The van der Waals surface area contributed by atoms with Gasteiger partial charge in [-0.15, -0.1) is 0 Å². The van der Waals surface area contributed by atoms with E-state index in [0.29, 0.717) is 0 Å². The smallest absolute Gasteiger partial charge is 0.0685 e. The molecule has 1 aromatic carbocycles. The second-order valence-electron chi connectivity index (χ2n) is 5.78. The van der Waals surface area contributed by atoms with Gasteiger partial charge >= 0.3 is 0 Å². The van der Waals surface area contributed by atoms with Gasteiger partial charge in [0.05, 0.1) is 5.49 Å². The Morgan fingerprint density at radius 1 is 1.36 bits per heavy atom. The van der Waals surface area contributed by atoms with Crippen LogP contribution in [0, 0.1) is 0 Å². The van der Waals surface area contributed by atoms with Crippen molar-refractivity contribution in [1.29, 1.82) is 0 Å². The monoisotopic (exact) mass is 310 g/mol. The molecule has 0 unspecified atom stereocenters. The van der Waals surface area contributed by atoms with E-state index in [2.05, 4.69) is 35.9 Å². The summed E-state index contributed by atoms with van der Waals surface area (Å²) in [5.74, 6) is 0. The molecule has 0 aliphatic carbocycles. The maximum absolute atomic E-state index is 5.23. The zero-order valence-corrected chi connectivity index (χ0v) is 14.1. The fraction of sp³-hybridized carbons (Fsp3) is 0.368. The fourth-order valence-corrected chi connectivity index (χ4v) is 3.76. The van der Waals surface area contributed by atoms with Crippen molar-refractivity contribution in [2.24, 2.45) is 0 Å². The van der Waals surface area contributed by atoms with Gasteiger partial charge in [0.1, 0.15) is 0 Å². The van der Waals surface area contributed by atoms with Gasteiger partial charge in [-0.1, -0.05) is 38.6 Å². The molecule has 3 heteroatoms. The van der Waals surface area contributed by atoms with Crippen molar-refractivity contribution in [2.45, 2.75) is 39.5 Å². The molecule has 0 saturated heterocycles. The molecule has 1 aliphatic heterocycles. The molecule has 0 bridgehead atoms. The lowest BCUT2D eigenvalue weighted by atomic mass is 9.89. The third-order valence-corrected chi connectivity index (χ3v) is 4.72. The number of hydrogen-bond donors (Lipinski definition) is 0. The number of hydrogen-bond acceptors (Lipinski definition) is 2. The summed E-state index contributed by atoms with van der Waals surface area (Å²) in [6.45, 7) is 5.49. The van der Waals surface area contributed by atoms with E-state index in [1.54, 1.807) is 0 Å². The molecule has 0 saturated carbocycles. The first-order valence-corrected chi connectivity index (χ1v) is 8.57. The van der Waals surface area contributed by atoms with E-state index in [-0.39, 0.29) is 0 Å². The Kier molecular flexibility index (Phi) is 4.53. The third kappa shape index (κ3) is 2.54. The molecule has 1 aliphatic rings. The number of aryl methyl sites for hydroxylation is 1. The Bertz CT molecular complexity index is 680. The zero-order valence-electron chi connectivity index (χ0n) is 13.3. The molecule has 0 N–H and O–H groups in total. The number of anilines is 1. The largest absolute Gasteiger partial charge is 0.338 e. The predicted octanol–water partition coefficient (Wildman–Crippen LogP) is 4.58. The van der Waals surface area contributed by atoms with Crippen LogP contribution in [0.25, 0.3) is 11.1 Å². The number of fused-ring (bicyclic) bond motifs is 1.